The summed E-state index contributed by atoms with van der Waals surface area (Å²) in [6, 6.07) is 14.6. The number of fused-ring (bicyclic) bond motifs is 1. The molecule has 0 bridgehead atoms. The van der Waals surface area contributed by atoms with Gasteiger partial charge < -0.3 is 19.9 Å². The Labute approximate surface area is 204 Å². The van der Waals surface area contributed by atoms with Crippen molar-refractivity contribution < 1.29 is 19.4 Å². The standard InChI is InChI=1S/C26H29N5O4/c1-34-22-10-6-18(7-11-22)28-25-27-15-17-16-30(19-8-12-23(35-2)13-9-19)26(33)31(24(17)29-25)20-4-3-5-21(32)14-20/h6-13,15,20-21,32H,3-5,14,16H2,1-2H3,(H,27,28,29). The fourth-order valence-corrected chi connectivity index (χ4v) is 4.71. The molecule has 3 aromatic rings. The molecule has 2 amide bonds. The lowest BCUT2D eigenvalue weighted by Gasteiger charge is -2.42. The molecule has 2 N–H and O–H groups in total. The van der Waals surface area contributed by atoms with Gasteiger partial charge in [-0.25, -0.2) is 9.78 Å². The van der Waals surface area contributed by atoms with Crippen molar-refractivity contribution in [2.24, 2.45) is 0 Å². The van der Waals surface area contributed by atoms with E-state index in [-0.39, 0.29) is 12.1 Å². The maximum atomic E-state index is 13.8. The number of ether oxygens (including phenoxy) is 2. The molecule has 2 heterocycles. The number of urea groups is 1. The fraction of sp³-hybridized carbons (Fsp3) is 0.346. The van der Waals surface area contributed by atoms with Crippen LogP contribution in [0.5, 0.6) is 11.5 Å². The van der Waals surface area contributed by atoms with Crippen molar-refractivity contribution in [3.63, 3.8) is 0 Å². The van der Waals surface area contributed by atoms with Gasteiger partial charge in [-0.2, -0.15) is 4.98 Å². The quantitative estimate of drug-likeness (QED) is 0.542. The summed E-state index contributed by atoms with van der Waals surface area (Å²) in [7, 11) is 3.24. The first-order valence-electron chi connectivity index (χ1n) is 11.8. The van der Waals surface area contributed by atoms with E-state index in [0.29, 0.717) is 24.7 Å². The molecule has 182 valence electrons. The number of amides is 2. The highest BCUT2D eigenvalue weighted by atomic mass is 16.5. The van der Waals surface area contributed by atoms with Gasteiger partial charge >= 0.3 is 6.03 Å². The summed E-state index contributed by atoms with van der Waals surface area (Å²) in [5.74, 6) is 2.47. The highest BCUT2D eigenvalue weighted by Crippen LogP contribution is 2.36. The number of hydrogen-bond acceptors (Lipinski definition) is 7. The van der Waals surface area contributed by atoms with Crippen LogP contribution in [-0.4, -0.2) is 47.5 Å². The minimum absolute atomic E-state index is 0.144. The molecule has 1 aliphatic carbocycles. The van der Waals surface area contributed by atoms with Gasteiger partial charge in [-0.05, 0) is 74.2 Å². The number of methoxy groups -OCH3 is 2. The molecule has 0 saturated heterocycles. The van der Waals surface area contributed by atoms with Gasteiger partial charge in [0.05, 0.1) is 26.9 Å². The minimum Gasteiger partial charge on any atom is -0.497 e. The van der Waals surface area contributed by atoms with Crippen molar-refractivity contribution >= 4 is 29.2 Å². The summed E-state index contributed by atoms with van der Waals surface area (Å²) in [5.41, 5.74) is 2.43. The van der Waals surface area contributed by atoms with Gasteiger partial charge in [-0.1, -0.05) is 0 Å². The number of carbonyl (C=O) groups excluding carboxylic acids is 1. The molecule has 35 heavy (non-hydrogen) atoms. The van der Waals surface area contributed by atoms with Crippen LogP contribution in [0, 0.1) is 0 Å². The largest absolute Gasteiger partial charge is 0.497 e. The highest BCUT2D eigenvalue weighted by Gasteiger charge is 2.39. The van der Waals surface area contributed by atoms with Gasteiger partial charge in [0.2, 0.25) is 5.95 Å². The summed E-state index contributed by atoms with van der Waals surface area (Å²) in [5, 5.41) is 13.6. The number of nitrogens with one attached hydrogen (secondary N) is 1. The van der Waals surface area contributed by atoms with Crippen LogP contribution in [0.3, 0.4) is 0 Å². The van der Waals surface area contributed by atoms with Crippen molar-refractivity contribution in [3.05, 3.63) is 60.3 Å². The van der Waals surface area contributed by atoms with E-state index in [4.69, 9.17) is 14.5 Å². The van der Waals surface area contributed by atoms with E-state index in [0.717, 1.165) is 47.7 Å². The highest BCUT2D eigenvalue weighted by molar-refractivity contribution is 6.06. The molecular formula is C26H29N5O4. The minimum atomic E-state index is -0.430. The molecule has 2 aromatic carbocycles. The Hall–Kier alpha value is -3.85. The van der Waals surface area contributed by atoms with Crippen LogP contribution < -0.4 is 24.6 Å². The van der Waals surface area contributed by atoms with E-state index < -0.39 is 6.10 Å². The first-order valence-corrected chi connectivity index (χ1v) is 11.8. The Balaban J connectivity index is 1.49. The molecule has 5 rings (SSSR count). The van der Waals surface area contributed by atoms with E-state index in [1.807, 2.05) is 48.5 Å². The van der Waals surface area contributed by atoms with Crippen LogP contribution in [0.4, 0.5) is 27.9 Å². The van der Waals surface area contributed by atoms with Crippen molar-refractivity contribution in [1.29, 1.82) is 0 Å². The van der Waals surface area contributed by atoms with Crippen molar-refractivity contribution in [2.75, 3.05) is 29.3 Å². The van der Waals surface area contributed by atoms with Crippen LogP contribution in [-0.2, 0) is 6.54 Å². The molecule has 1 aliphatic heterocycles. The van der Waals surface area contributed by atoms with Crippen LogP contribution in [0.2, 0.25) is 0 Å². The van der Waals surface area contributed by atoms with E-state index in [1.54, 1.807) is 30.2 Å². The van der Waals surface area contributed by atoms with Crippen LogP contribution >= 0.6 is 0 Å². The summed E-state index contributed by atoms with van der Waals surface area (Å²) >= 11 is 0. The Morgan fingerprint density at radius 3 is 2.34 bits per heavy atom. The topological polar surface area (TPSA) is 100 Å². The zero-order chi connectivity index (χ0) is 24.4. The average Bonchev–Trinajstić information content (AvgIpc) is 2.89. The molecule has 1 aromatic heterocycles. The van der Waals surface area contributed by atoms with Gasteiger partial charge in [0, 0.05) is 29.2 Å². The predicted molar refractivity (Wildman–Crippen MR) is 134 cm³/mol. The SMILES string of the molecule is COc1ccc(Nc2ncc3c(n2)N(C2CCCC(O)C2)C(=O)N(c2ccc(OC)cc2)C3)cc1. The number of benzene rings is 2. The molecule has 2 atom stereocenters. The lowest BCUT2D eigenvalue weighted by Crippen LogP contribution is -2.54. The zero-order valence-corrected chi connectivity index (χ0v) is 19.8. The second-order valence-electron chi connectivity index (χ2n) is 8.81. The second kappa shape index (κ2) is 9.79. The maximum absolute atomic E-state index is 13.8. The number of aliphatic hydroxyl groups excluding tert-OH is 1. The summed E-state index contributed by atoms with van der Waals surface area (Å²) in [4.78, 5) is 26.6. The number of anilines is 4. The lowest BCUT2D eigenvalue weighted by atomic mass is 9.91. The molecule has 0 spiro atoms. The van der Waals surface area contributed by atoms with Crippen molar-refractivity contribution in [2.45, 2.75) is 44.4 Å². The van der Waals surface area contributed by atoms with Gasteiger partial charge in [-0.3, -0.25) is 9.80 Å². The molecular weight excluding hydrogens is 446 g/mol. The number of aliphatic hydroxyl groups is 1. The molecule has 2 unspecified atom stereocenters. The smallest absolute Gasteiger partial charge is 0.330 e. The van der Waals surface area contributed by atoms with Gasteiger partial charge in [0.1, 0.15) is 17.3 Å². The number of hydrogen-bond donors (Lipinski definition) is 2. The molecule has 9 nitrogen and oxygen atoms in total. The van der Waals surface area contributed by atoms with Crippen LogP contribution in [0.1, 0.15) is 31.2 Å². The van der Waals surface area contributed by atoms with Gasteiger partial charge in [-0.15, -0.1) is 0 Å². The van der Waals surface area contributed by atoms with Crippen LogP contribution in [0.15, 0.2) is 54.7 Å². The Morgan fingerprint density at radius 2 is 1.69 bits per heavy atom. The zero-order valence-electron chi connectivity index (χ0n) is 19.8. The number of nitrogens with zero attached hydrogens (tertiary/aromatic N) is 4. The molecule has 9 heteroatoms. The van der Waals surface area contributed by atoms with E-state index in [2.05, 4.69) is 10.3 Å². The number of aromatic nitrogens is 2. The molecule has 1 saturated carbocycles. The predicted octanol–water partition coefficient (Wildman–Crippen LogP) is 4.49. The Bertz CT molecular complexity index is 1190. The Kier molecular flexibility index (Phi) is 6.41. The van der Waals surface area contributed by atoms with E-state index >= 15 is 0 Å². The third kappa shape index (κ3) is 4.72. The second-order valence-corrected chi connectivity index (χ2v) is 8.81. The summed E-state index contributed by atoms with van der Waals surface area (Å²) in [6.45, 7) is 0.356. The Morgan fingerprint density at radius 1 is 1.00 bits per heavy atom. The number of rotatable bonds is 6. The fourth-order valence-electron chi connectivity index (χ4n) is 4.71. The molecule has 0 radical (unpaired) electrons. The summed E-state index contributed by atoms with van der Waals surface area (Å²) in [6.07, 6.45) is 4.28. The van der Waals surface area contributed by atoms with Gasteiger partial charge in [0.25, 0.3) is 0 Å². The van der Waals surface area contributed by atoms with E-state index in [1.165, 1.54) is 0 Å². The molecule has 1 fully saturated rings. The maximum Gasteiger partial charge on any atom is 0.330 e. The summed E-state index contributed by atoms with van der Waals surface area (Å²) < 4.78 is 10.5. The third-order valence-corrected chi connectivity index (χ3v) is 6.55. The first-order chi connectivity index (χ1) is 17.1. The van der Waals surface area contributed by atoms with Crippen molar-refractivity contribution in [3.8, 4) is 11.5 Å². The van der Waals surface area contributed by atoms with Crippen LogP contribution in [0.25, 0.3) is 0 Å². The van der Waals surface area contributed by atoms with Crippen molar-refractivity contribution in [1.82, 2.24) is 9.97 Å². The normalized spacial score (nSPS) is 19.8. The third-order valence-electron chi connectivity index (χ3n) is 6.55. The van der Waals surface area contributed by atoms with E-state index in [9.17, 15) is 9.90 Å². The molecule has 2 aliphatic rings. The monoisotopic (exact) mass is 475 g/mol. The lowest BCUT2D eigenvalue weighted by molar-refractivity contribution is 0.119. The number of carbonyl (C=O) groups is 1. The van der Waals surface area contributed by atoms with Gasteiger partial charge in [0.15, 0.2) is 0 Å². The average molecular weight is 476 g/mol. The first kappa shape index (κ1) is 22.9.